The highest BCUT2D eigenvalue weighted by molar-refractivity contribution is 6.02. The number of amides is 1. The second kappa shape index (κ2) is 5.56. The zero-order chi connectivity index (χ0) is 14.7. The van der Waals surface area contributed by atoms with Crippen LogP contribution in [0.2, 0.25) is 0 Å². The molecule has 0 saturated carbocycles. The summed E-state index contributed by atoms with van der Waals surface area (Å²) in [4.78, 5) is 22.6. The highest BCUT2D eigenvalue weighted by Gasteiger charge is 2.11. The number of aryl methyl sites for hydroxylation is 2. The highest BCUT2D eigenvalue weighted by Crippen LogP contribution is 2.14. The summed E-state index contributed by atoms with van der Waals surface area (Å²) in [5.74, 6) is -1.37. The molecule has 2 N–H and O–H groups in total. The first-order valence-electron chi connectivity index (χ1n) is 6.09. The predicted octanol–water partition coefficient (Wildman–Crippen LogP) is 1.84. The van der Waals surface area contributed by atoms with Gasteiger partial charge in [-0.25, -0.2) is 0 Å². The molecule has 1 aromatic carbocycles. The number of anilines is 1. The van der Waals surface area contributed by atoms with Crippen molar-refractivity contribution in [1.29, 1.82) is 0 Å². The van der Waals surface area contributed by atoms with E-state index >= 15 is 0 Å². The summed E-state index contributed by atoms with van der Waals surface area (Å²) < 4.78 is 1.21. The number of carboxylic acid groups (broad SMARTS) is 1. The van der Waals surface area contributed by atoms with Crippen LogP contribution in [0.1, 0.15) is 21.6 Å². The molecular formula is C14H15N3O3. The van der Waals surface area contributed by atoms with E-state index in [1.54, 1.807) is 0 Å². The van der Waals surface area contributed by atoms with E-state index in [2.05, 4.69) is 10.4 Å². The van der Waals surface area contributed by atoms with Crippen molar-refractivity contribution < 1.29 is 14.7 Å². The summed E-state index contributed by atoms with van der Waals surface area (Å²) in [6, 6.07) is 7.22. The monoisotopic (exact) mass is 273 g/mol. The summed E-state index contributed by atoms with van der Waals surface area (Å²) in [6.45, 7) is 3.63. The third-order valence-corrected chi connectivity index (χ3v) is 2.65. The van der Waals surface area contributed by atoms with E-state index in [4.69, 9.17) is 5.11 Å². The van der Waals surface area contributed by atoms with Crippen LogP contribution in [0.25, 0.3) is 0 Å². The van der Waals surface area contributed by atoms with E-state index < -0.39 is 5.97 Å². The molecule has 0 saturated heterocycles. The van der Waals surface area contributed by atoms with Gasteiger partial charge in [0.25, 0.3) is 5.91 Å². The molecule has 0 spiro atoms. The maximum absolute atomic E-state index is 12.0. The van der Waals surface area contributed by atoms with Crippen molar-refractivity contribution in [2.45, 2.75) is 20.4 Å². The van der Waals surface area contributed by atoms with Gasteiger partial charge in [0.1, 0.15) is 6.54 Å². The zero-order valence-electron chi connectivity index (χ0n) is 11.3. The molecule has 1 amide bonds. The number of hydrogen-bond donors (Lipinski definition) is 2. The molecule has 1 aromatic heterocycles. The van der Waals surface area contributed by atoms with Gasteiger partial charge in [0, 0.05) is 11.9 Å². The van der Waals surface area contributed by atoms with Crippen molar-refractivity contribution >= 4 is 17.6 Å². The quantitative estimate of drug-likeness (QED) is 0.890. The van der Waals surface area contributed by atoms with E-state index in [-0.39, 0.29) is 18.1 Å². The third kappa shape index (κ3) is 3.44. The van der Waals surface area contributed by atoms with Gasteiger partial charge in [0.15, 0.2) is 5.69 Å². The van der Waals surface area contributed by atoms with Gasteiger partial charge in [0.05, 0.1) is 0 Å². The second-order valence-corrected chi connectivity index (χ2v) is 4.62. The van der Waals surface area contributed by atoms with E-state index in [0.29, 0.717) is 5.69 Å². The molecule has 0 aliphatic carbocycles. The van der Waals surface area contributed by atoms with Crippen molar-refractivity contribution in [3.05, 3.63) is 47.3 Å². The molecule has 0 radical (unpaired) electrons. The summed E-state index contributed by atoms with van der Waals surface area (Å²) in [5, 5.41) is 15.3. The van der Waals surface area contributed by atoms with Crippen LogP contribution in [-0.2, 0) is 11.3 Å². The average Bonchev–Trinajstić information content (AvgIpc) is 2.75. The molecule has 0 bridgehead atoms. The Labute approximate surface area is 116 Å². The van der Waals surface area contributed by atoms with Crippen molar-refractivity contribution in [3.8, 4) is 0 Å². The molecule has 0 aliphatic rings. The van der Waals surface area contributed by atoms with Crippen molar-refractivity contribution in [2.24, 2.45) is 0 Å². The first-order chi connectivity index (χ1) is 9.44. The number of aliphatic carboxylic acids is 1. The summed E-state index contributed by atoms with van der Waals surface area (Å²) in [7, 11) is 0. The van der Waals surface area contributed by atoms with Gasteiger partial charge >= 0.3 is 5.97 Å². The number of rotatable bonds is 4. The Bertz CT molecular complexity index is 641. The maximum atomic E-state index is 12.0. The highest BCUT2D eigenvalue weighted by atomic mass is 16.4. The van der Waals surface area contributed by atoms with Gasteiger partial charge in [-0.1, -0.05) is 6.07 Å². The summed E-state index contributed by atoms with van der Waals surface area (Å²) >= 11 is 0. The molecule has 2 rings (SSSR count). The minimum absolute atomic E-state index is 0.186. The maximum Gasteiger partial charge on any atom is 0.325 e. The number of carbonyl (C=O) groups excluding carboxylic acids is 1. The second-order valence-electron chi connectivity index (χ2n) is 4.62. The Morgan fingerprint density at radius 3 is 2.50 bits per heavy atom. The fourth-order valence-electron chi connectivity index (χ4n) is 1.95. The van der Waals surface area contributed by atoms with Gasteiger partial charge in [-0.15, -0.1) is 0 Å². The van der Waals surface area contributed by atoms with Gasteiger partial charge in [-0.3, -0.25) is 14.3 Å². The number of aromatic nitrogens is 2. The number of nitrogens with one attached hydrogen (secondary N) is 1. The zero-order valence-corrected chi connectivity index (χ0v) is 11.3. The van der Waals surface area contributed by atoms with Crippen LogP contribution in [0.4, 0.5) is 5.69 Å². The van der Waals surface area contributed by atoms with Gasteiger partial charge in [-0.05, 0) is 43.2 Å². The Kier molecular flexibility index (Phi) is 3.84. The van der Waals surface area contributed by atoms with Crippen LogP contribution < -0.4 is 5.32 Å². The topological polar surface area (TPSA) is 84.2 Å². The van der Waals surface area contributed by atoms with Crippen molar-refractivity contribution in [1.82, 2.24) is 9.78 Å². The average molecular weight is 273 g/mol. The van der Waals surface area contributed by atoms with Crippen LogP contribution in [0.5, 0.6) is 0 Å². The lowest BCUT2D eigenvalue weighted by Gasteiger charge is -2.06. The predicted molar refractivity (Wildman–Crippen MR) is 73.7 cm³/mol. The number of nitrogens with zero attached hydrogens (tertiary/aromatic N) is 2. The fraction of sp³-hybridized carbons (Fsp3) is 0.214. The molecule has 0 atom stereocenters. The van der Waals surface area contributed by atoms with Gasteiger partial charge in [0.2, 0.25) is 0 Å². The molecular weight excluding hydrogens is 258 g/mol. The van der Waals surface area contributed by atoms with Gasteiger partial charge < -0.3 is 10.4 Å². The molecule has 0 aliphatic heterocycles. The molecule has 0 fully saturated rings. The molecule has 1 heterocycles. The minimum Gasteiger partial charge on any atom is -0.480 e. The van der Waals surface area contributed by atoms with Crippen LogP contribution in [0.15, 0.2) is 30.5 Å². The molecule has 20 heavy (non-hydrogen) atoms. The largest absolute Gasteiger partial charge is 0.480 e. The van der Waals surface area contributed by atoms with E-state index in [1.165, 1.54) is 16.9 Å². The minimum atomic E-state index is -1.01. The fourth-order valence-corrected chi connectivity index (χ4v) is 1.95. The number of carbonyl (C=O) groups is 2. The first kappa shape index (κ1) is 13.8. The van der Waals surface area contributed by atoms with E-state index in [9.17, 15) is 9.59 Å². The molecule has 0 unspecified atom stereocenters. The number of benzene rings is 1. The summed E-state index contributed by atoms with van der Waals surface area (Å²) in [5.41, 5.74) is 2.99. The molecule has 2 aromatic rings. The Morgan fingerprint density at radius 2 is 1.90 bits per heavy atom. The first-order valence-corrected chi connectivity index (χ1v) is 6.09. The summed E-state index contributed by atoms with van der Waals surface area (Å²) in [6.07, 6.45) is 1.46. The lowest BCUT2D eigenvalue weighted by atomic mass is 10.1. The van der Waals surface area contributed by atoms with Crippen molar-refractivity contribution in [3.63, 3.8) is 0 Å². The Hall–Kier alpha value is -2.63. The van der Waals surface area contributed by atoms with E-state index in [0.717, 1.165) is 11.1 Å². The van der Waals surface area contributed by atoms with E-state index in [1.807, 2.05) is 32.0 Å². The normalized spacial score (nSPS) is 10.3. The molecule has 6 heteroatoms. The number of hydrogen-bond acceptors (Lipinski definition) is 3. The Balaban J connectivity index is 2.11. The lowest BCUT2D eigenvalue weighted by molar-refractivity contribution is -0.137. The van der Waals surface area contributed by atoms with Gasteiger partial charge in [-0.2, -0.15) is 5.10 Å². The van der Waals surface area contributed by atoms with Crippen LogP contribution in [0, 0.1) is 13.8 Å². The molecule has 104 valence electrons. The Morgan fingerprint density at radius 1 is 1.25 bits per heavy atom. The van der Waals surface area contributed by atoms with Crippen molar-refractivity contribution in [2.75, 3.05) is 5.32 Å². The lowest BCUT2D eigenvalue weighted by Crippen LogP contribution is -2.15. The van der Waals surface area contributed by atoms with Crippen LogP contribution >= 0.6 is 0 Å². The smallest absolute Gasteiger partial charge is 0.325 e. The SMILES string of the molecule is Cc1cc(C)cc(NC(=O)c2ccn(CC(=O)O)n2)c1. The van der Waals surface area contributed by atoms with Crippen LogP contribution in [-0.4, -0.2) is 26.8 Å². The standard InChI is InChI=1S/C14H15N3O3/c1-9-5-10(2)7-11(6-9)15-14(20)12-3-4-17(16-12)8-13(18)19/h3-7H,8H2,1-2H3,(H,15,20)(H,18,19). The van der Waals surface area contributed by atoms with Crippen LogP contribution in [0.3, 0.4) is 0 Å². The molecule has 6 nitrogen and oxygen atoms in total. The third-order valence-electron chi connectivity index (χ3n) is 2.65. The number of carboxylic acids is 1.